The van der Waals surface area contributed by atoms with Gasteiger partial charge in [0.15, 0.2) is 0 Å². The van der Waals surface area contributed by atoms with Crippen molar-refractivity contribution in [1.29, 1.82) is 0 Å². The molecule has 2 aromatic rings. The summed E-state index contributed by atoms with van der Waals surface area (Å²) < 4.78 is 5.03. The Kier molecular flexibility index (Phi) is 3.57. The first kappa shape index (κ1) is 12.1. The lowest BCUT2D eigenvalue weighted by atomic mass is 10.2. The van der Waals surface area contributed by atoms with E-state index < -0.39 is 0 Å². The summed E-state index contributed by atoms with van der Waals surface area (Å²) in [6, 6.07) is 14.2. The van der Waals surface area contributed by atoms with Gasteiger partial charge in [0.25, 0.3) is 0 Å². The number of ether oxygens (including phenoxy) is 1. The maximum absolute atomic E-state index is 11.8. The van der Waals surface area contributed by atoms with E-state index in [1.807, 2.05) is 31.2 Å². The van der Waals surface area contributed by atoms with Gasteiger partial charge in [-0.05, 0) is 31.2 Å². The van der Waals surface area contributed by atoms with E-state index in [4.69, 9.17) is 4.74 Å². The average molecular weight is 242 g/mol. The van der Waals surface area contributed by atoms with Crippen molar-refractivity contribution in [2.75, 3.05) is 7.11 Å². The molecule has 0 saturated carbocycles. The number of hydrogen-bond donors (Lipinski definition) is 0. The van der Waals surface area contributed by atoms with Crippen LogP contribution in [-0.2, 0) is 0 Å². The Morgan fingerprint density at radius 1 is 1.00 bits per heavy atom. The van der Waals surface area contributed by atoms with Crippen LogP contribution in [0.25, 0.3) is 0 Å². The number of benzene rings is 2. The van der Waals surface area contributed by atoms with Crippen molar-refractivity contribution in [3.8, 4) is 5.75 Å². The van der Waals surface area contributed by atoms with E-state index in [0.29, 0.717) is 22.0 Å². The second-order valence-corrected chi connectivity index (χ2v) is 3.91. The fourth-order valence-electron chi connectivity index (χ4n) is 1.48. The minimum atomic E-state index is 0.469. The highest BCUT2D eigenvalue weighted by atomic mass is 16.5. The third-order valence-corrected chi connectivity index (χ3v) is 2.53. The Hall–Kier alpha value is -2.36. The van der Waals surface area contributed by atoms with Crippen molar-refractivity contribution in [2.24, 2.45) is 5.11 Å². The molecule has 4 nitrogen and oxygen atoms in total. The lowest BCUT2D eigenvalue weighted by molar-refractivity contribution is -0.435. The Labute approximate surface area is 106 Å². The smallest absolute Gasteiger partial charge is 0.245 e. The highest BCUT2D eigenvalue weighted by molar-refractivity contribution is 5.39. The second-order valence-electron chi connectivity index (χ2n) is 3.91. The Morgan fingerprint density at radius 2 is 1.61 bits per heavy atom. The van der Waals surface area contributed by atoms with Gasteiger partial charge in [0.2, 0.25) is 5.69 Å². The summed E-state index contributed by atoms with van der Waals surface area (Å²) in [5, 5.41) is 15.8. The fourth-order valence-corrected chi connectivity index (χ4v) is 1.48. The number of methoxy groups -OCH3 is 1. The molecule has 0 unspecified atom stereocenters. The monoisotopic (exact) mass is 242 g/mol. The van der Waals surface area contributed by atoms with Crippen molar-refractivity contribution in [1.82, 2.24) is 0 Å². The molecule has 92 valence electrons. The van der Waals surface area contributed by atoms with Crippen LogP contribution in [0, 0.1) is 12.1 Å². The van der Waals surface area contributed by atoms with Gasteiger partial charge in [0, 0.05) is 17.2 Å². The summed E-state index contributed by atoms with van der Waals surface area (Å²) in [4.78, 5) is 0.601. The highest BCUT2D eigenvalue weighted by Gasteiger charge is 2.04. The molecule has 0 N–H and O–H groups in total. The van der Waals surface area contributed by atoms with Gasteiger partial charge in [-0.3, -0.25) is 0 Å². The first-order valence-corrected chi connectivity index (χ1v) is 5.58. The first-order valence-electron chi connectivity index (χ1n) is 5.58. The number of aryl methyl sites for hydroxylation is 1. The average Bonchev–Trinajstić information content (AvgIpc) is 2.41. The van der Waals surface area contributed by atoms with E-state index in [0.717, 1.165) is 5.56 Å². The van der Waals surface area contributed by atoms with E-state index in [1.54, 1.807) is 31.4 Å². The van der Waals surface area contributed by atoms with Crippen molar-refractivity contribution >= 4 is 11.4 Å². The Bertz CT molecular complexity index is 545. The van der Waals surface area contributed by atoms with Crippen LogP contribution in [0.5, 0.6) is 5.75 Å². The Balaban J connectivity index is 2.23. The summed E-state index contributed by atoms with van der Waals surface area (Å²) in [7, 11) is 1.58. The van der Waals surface area contributed by atoms with Crippen LogP contribution in [0.3, 0.4) is 0 Å². The molecule has 0 fully saturated rings. The molecule has 0 aliphatic heterocycles. The van der Waals surface area contributed by atoms with Gasteiger partial charge in [-0.2, -0.15) is 0 Å². The molecule has 0 radical (unpaired) electrons. The Morgan fingerprint density at radius 3 is 2.17 bits per heavy atom. The number of rotatable bonds is 3. The van der Waals surface area contributed by atoms with Gasteiger partial charge in [-0.15, -0.1) is 0 Å². The molecule has 0 bridgehead atoms. The van der Waals surface area contributed by atoms with Crippen LogP contribution >= 0.6 is 0 Å². The van der Waals surface area contributed by atoms with E-state index in [1.165, 1.54) is 0 Å². The van der Waals surface area contributed by atoms with Crippen molar-refractivity contribution < 1.29 is 9.60 Å². The summed E-state index contributed by atoms with van der Waals surface area (Å²) in [5.41, 5.74) is 2.23. The maximum atomic E-state index is 11.8. The van der Waals surface area contributed by atoms with Gasteiger partial charge in [0.1, 0.15) is 11.4 Å². The molecular formula is C14H14N2O2. The molecule has 0 amide bonds. The second kappa shape index (κ2) is 5.31. The summed E-state index contributed by atoms with van der Waals surface area (Å²) in [5.74, 6) is 0.711. The van der Waals surface area contributed by atoms with Crippen LogP contribution < -0.4 is 4.74 Å². The van der Waals surface area contributed by atoms with E-state index in [2.05, 4.69) is 5.11 Å². The summed E-state index contributed by atoms with van der Waals surface area (Å²) in [6.45, 7) is 1.99. The molecule has 0 heterocycles. The van der Waals surface area contributed by atoms with E-state index in [-0.39, 0.29) is 0 Å². The van der Waals surface area contributed by atoms with Crippen molar-refractivity contribution in [3.63, 3.8) is 0 Å². The van der Waals surface area contributed by atoms with Crippen LogP contribution in [0.15, 0.2) is 53.6 Å². The molecule has 0 aromatic heterocycles. The van der Waals surface area contributed by atoms with Crippen LogP contribution in [-0.4, -0.2) is 12.0 Å². The van der Waals surface area contributed by atoms with Gasteiger partial charge < -0.3 is 9.94 Å². The largest absolute Gasteiger partial charge is 0.594 e. The molecule has 18 heavy (non-hydrogen) atoms. The minimum absolute atomic E-state index is 0.469. The van der Waals surface area contributed by atoms with Gasteiger partial charge in [-0.1, -0.05) is 22.6 Å². The molecular weight excluding hydrogens is 228 g/mol. The molecule has 0 aliphatic rings. The fraction of sp³-hybridized carbons (Fsp3) is 0.143. The summed E-state index contributed by atoms with van der Waals surface area (Å²) >= 11 is 0. The number of nitrogens with zero attached hydrogens (tertiary/aromatic N) is 2. The topological polar surface area (TPSA) is 47.7 Å². The third-order valence-electron chi connectivity index (χ3n) is 2.53. The lowest BCUT2D eigenvalue weighted by Crippen LogP contribution is -1.90. The zero-order chi connectivity index (χ0) is 13.0. The lowest BCUT2D eigenvalue weighted by Gasteiger charge is -2.01. The van der Waals surface area contributed by atoms with Crippen LogP contribution in [0.4, 0.5) is 11.4 Å². The number of hydrogen-bond acceptors (Lipinski definition) is 3. The van der Waals surface area contributed by atoms with Gasteiger partial charge in [0.05, 0.1) is 7.11 Å². The molecule has 0 aliphatic carbocycles. The van der Waals surface area contributed by atoms with Gasteiger partial charge in [-0.25, -0.2) is 0 Å². The predicted octanol–water partition coefficient (Wildman–Crippen LogP) is 3.93. The normalized spacial score (nSPS) is 11.3. The maximum Gasteiger partial charge on any atom is 0.245 e. The highest BCUT2D eigenvalue weighted by Crippen LogP contribution is 2.20. The molecule has 0 atom stereocenters. The molecule has 2 rings (SSSR count). The standard InChI is InChI=1S/C14H14N2O2/c1-11-3-5-12(6-4-11)15-16(17)13-7-9-14(18-2)10-8-13/h3-10H,1-2H3. The quantitative estimate of drug-likeness (QED) is 0.465. The third kappa shape index (κ3) is 2.85. The van der Waals surface area contributed by atoms with Crippen molar-refractivity contribution in [3.05, 3.63) is 59.3 Å². The zero-order valence-corrected chi connectivity index (χ0v) is 10.3. The zero-order valence-electron chi connectivity index (χ0n) is 10.3. The van der Waals surface area contributed by atoms with E-state index >= 15 is 0 Å². The molecule has 0 saturated heterocycles. The molecule has 4 heteroatoms. The predicted molar refractivity (Wildman–Crippen MR) is 69.5 cm³/mol. The summed E-state index contributed by atoms with van der Waals surface area (Å²) in [6.07, 6.45) is 0. The van der Waals surface area contributed by atoms with Crippen LogP contribution in [0.1, 0.15) is 5.56 Å². The van der Waals surface area contributed by atoms with Gasteiger partial charge >= 0.3 is 0 Å². The number of azo groups is 1. The SMILES string of the molecule is COc1ccc([N+]([O-])=Nc2ccc(C)cc2)cc1. The minimum Gasteiger partial charge on any atom is -0.594 e. The molecule has 0 spiro atoms. The molecule has 2 aromatic carbocycles. The first-order chi connectivity index (χ1) is 8.69. The van der Waals surface area contributed by atoms with E-state index in [9.17, 15) is 5.21 Å². The van der Waals surface area contributed by atoms with Crippen LogP contribution in [0.2, 0.25) is 0 Å². The van der Waals surface area contributed by atoms with Crippen molar-refractivity contribution in [2.45, 2.75) is 6.92 Å².